The summed E-state index contributed by atoms with van der Waals surface area (Å²) in [6.07, 6.45) is 2.33. The van der Waals surface area contributed by atoms with Gasteiger partial charge in [0.05, 0.1) is 0 Å². The lowest BCUT2D eigenvalue weighted by molar-refractivity contribution is -0.137. The second-order valence-electron chi connectivity index (χ2n) is 1.77. The van der Waals surface area contributed by atoms with E-state index in [1.807, 2.05) is 0 Å². The first-order valence-corrected chi connectivity index (χ1v) is 3.38. The first-order valence-electron chi connectivity index (χ1n) is 2.62. The van der Waals surface area contributed by atoms with Crippen LogP contribution in [-0.2, 0) is 11.3 Å². The molecule has 0 saturated carbocycles. The van der Waals surface area contributed by atoms with Crippen molar-refractivity contribution in [1.82, 2.24) is 9.55 Å². The molecule has 0 fully saturated rings. The summed E-state index contributed by atoms with van der Waals surface area (Å²) in [6.45, 7) is -0.279. The highest BCUT2D eigenvalue weighted by atomic mass is 35.5. The van der Waals surface area contributed by atoms with Crippen LogP contribution in [0.1, 0.15) is 0 Å². The van der Waals surface area contributed by atoms with Crippen LogP contribution >= 0.6 is 23.2 Å². The van der Waals surface area contributed by atoms with E-state index >= 15 is 0 Å². The maximum atomic E-state index is 10.2. The molecule has 1 N–H and O–H groups in total. The smallest absolute Gasteiger partial charge is 0.323 e. The van der Waals surface area contributed by atoms with E-state index in [1.165, 1.54) is 0 Å². The molecule has 0 bridgehead atoms. The number of aromatic nitrogens is 2. The second kappa shape index (κ2) is 3.11. The molecule has 0 spiro atoms. The van der Waals surface area contributed by atoms with Crippen LogP contribution in [0.3, 0.4) is 0 Å². The Labute approximate surface area is 72.4 Å². The highest BCUT2D eigenvalue weighted by Gasteiger charge is 2.08. The molecule has 0 saturated heterocycles. The molecule has 0 aliphatic carbocycles. The van der Waals surface area contributed by atoms with E-state index in [1.54, 1.807) is 0 Å². The van der Waals surface area contributed by atoms with Gasteiger partial charge in [-0.25, -0.2) is 4.98 Å². The van der Waals surface area contributed by atoms with Crippen molar-refractivity contribution in [3.8, 4) is 0 Å². The molecule has 59 valence electrons. The van der Waals surface area contributed by atoms with Crippen LogP contribution in [0.5, 0.6) is 0 Å². The molecule has 1 radical (unpaired) electrons. The predicted molar refractivity (Wildman–Crippen MR) is 38.7 cm³/mol. The van der Waals surface area contributed by atoms with E-state index in [9.17, 15) is 4.79 Å². The Morgan fingerprint density at radius 2 is 2.36 bits per heavy atom. The molecule has 11 heavy (non-hydrogen) atoms. The maximum Gasteiger partial charge on any atom is 0.323 e. The number of rotatable bonds is 2. The van der Waals surface area contributed by atoms with E-state index in [0.717, 1.165) is 4.57 Å². The normalized spacial score (nSPS) is 10.0. The minimum absolute atomic E-state index is 0.0629. The lowest BCUT2D eigenvalue weighted by atomic mass is 10.6. The summed E-state index contributed by atoms with van der Waals surface area (Å²) in [6, 6.07) is 0. The molecule has 0 aromatic carbocycles. The SMILES string of the molecule is O=C(O)Cn1[c]nc(Cl)c1Cl. The summed E-state index contributed by atoms with van der Waals surface area (Å²) in [5, 5.41) is 8.48. The van der Waals surface area contributed by atoms with Crippen molar-refractivity contribution in [2.75, 3.05) is 0 Å². The topological polar surface area (TPSA) is 55.1 Å². The van der Waals surface area contributed by atoms with Crippen molar-refractivity contribution in [3.63, 3.8) is 0 Å². The molecular formula is C5H3Cl2N2O2. The van der Waals surface area contributed by atoms with Crippen LogP contribution in [0, 0.1) is 6.33 Å². The minimum Gasteiger partial charge on any atom is -0.480 e. The number of hydrogen-bond acceptors (Lipinski definition) is 2. The third kappa shape index (κ3) is 1.85. The van der Waals surface area contributed by atoms with Crippen LogP contribution in [0.15, 0.2) is 0 Å². The highest BCUT2D eigenvalue weighted by Crippen LogP contribution is 2.18. The molecule has 1 rings (SSSR count). The van der Waals surface area contributed by atoms with Gasteiger partial charge in [-0.2, -0.15) is 0 Å². The highest BCUT2D eigenvalue weighted by molar-refractivity contribution is 6.40. The van der Waals surface area contributed by atoms with Gasteiger partial charge < -0.3 is 5.11 Å². The van der Waals surface area contributed by atoms with Gasteiger partial charge in [-0.15, -0.1) is 0 Å². The standard InChI is InChI=1S/C5H3Cl2N2O2/c6-4-5(7)9(2-8-4)1-3(10)11/h1H2,(H,10,11). The summed E-state index contributed by atoms with van der Waals surface area (Å²) < 4.78 is 1.12. The Kier molecular flexibility index (Phi) is 2.36. The molecule has 0 atom stereocenters. The van der Waals surface area contributed by atoms with Gasteiger partial charge in [0, 0.05) is 0 Å². The summed E-state index contributed by atoms with van der Waals surface area (Å²) in [7, 11) is 0. The lowest BCUT2D eigenvalue weighted by Crippen LogP contribution is -2.07. The number of carbonyl (C=O) groups is 1. The zero-order valence-corrected chi connectivity index (χ0v) is 6.72. The fourth-order valence-electron chi connectivity index (χ4n) is 0.546. The first-order chi connectivity index (χ1) is 5.11. The number of halogens is 2. The summed E-state index contributed by atoms with van der Waals surface area (Å²) in [5.41, 5.74) is 0. The van der Waals surface area contributed by atoms with Crippen molar-refractivity contribution >= 4 is 29.2 Å². The van der Waals surface area contributed by atoms with Crippen molar-refractivity contribution in [2.24, 2.45) is 0 Å². The second-order valence-corrected chi connectivity index (χ2v) is 2.49. The predicted octanol–water partition coefficient (Wildman–Crippen LogP) is 1.07. The van der Waals surface area contributed by atoms with Gasteiger partial charge >= 0.3 is 5.97 Å². The Morgan fingerprint density at radius 1 is 1.73 bits per heavy atom. The Balaban J connectivity index is 2.87. The molecule has 0 aliphatic rings. The van der Waals surface area contributed by atoms with Crippen molar-refractivity contribution in [2.45, 2.75) is 6.54 Å². The minimum atomic E-state index is -1.02. The van der Waals surface area contributed by atoms with Crippen LogP contribution in [-0.4, -0.2) is 20.6 Å². The maximum absolute atomic E-state index is 10.2. The van der Waals surface area contributed by atoms with Crippen LogP contribution < -0.4 is 0 Å². The molecule has 6 heteroatoms. The fraction of sp³-hybridized carbons (Fsp3) is 0.200. The zero-order valence-electron chi connectivity index (χ0n) is 5.21. The molecule has 4 nitrogen and oxygen atoms in total. The van der Waals surface area contributed by atoms with E-state index in [0.29, 0.717) is 0 Å². The number of carboxylic acid groups (broad SMARTS) is 1. The van der Waals surface area contributed by atoms with Gasteiger partial charge in [-0.3, -0.25) is 9.36 Å². The van der Waals surface area contributed by atoms with Gasteiger partial charge in [0.1, 0.15) is 11.7 Å². The third-order valence-electron chi connectivity index (χ3n) is 0.969. The van der Waals surface area contributed by atoms with E-state index in [4.69, 9.17) is 28.3 Å². The summed E-state index contributed by atoms with van der Waals surface area (Å²) in [5.74, 6) is -1.02. The van der Waals surface area contributed by atoms with Crippen LogP contribution in [0.2, 0.25) is 10.3 Å². The fourth-order valence-corrected chi connectivity index (χ4v) is 0.825. The van der Waals surface area contributed by atoms with Crippen LogP contribution in [0.4, 0.5) is 0 Å². The van der Waals surface area contributed by atoms with Crippen LogP contribution in [0.25, 0.3) is 0 Å². The van der Waals surface area contributed by atoms with Gasteiger partial charge in [-0.1, -0.05) is 23.2 Å². The molecule has 0 aliphatic heterocycles. The molecular weight excluding hydrogens is 191 g/mol. The van der Waals surface area contributed by atoms with Crippen molar-refractivity contribution in [3.05, 3.63) is 16.6 Å². The van der Waals surface area contributed by atoms with Gasteiger partial charge in [-0.05, 0) is 0 Å². The zero-order chi connectivity index (χ0) is 8.43. The van der Waals surface area contributed by atoms with Crippen molar-refractivity contribution < 1.29 is 9.90 Å². The van der Waals surface area contributed by atoms with Crippen molar-refractivity contribution in [1.29, 1.82) is 0 Å². The molecule has 1 aromatic rings. The Bertz CT molecular complexity index is 284. The van der Waals surface area contributed by atoms with Gasteiger partial charge in [0.25, 0.3) is 0 Å². The number of aliphatic carboxylic acids is 1. The average Bonchev–Trinajstić information content (AvgIpc) is 2.18. The molecule has 0 unspecified atom stereocenters. The number of imidazole rings is 1. The van der Waals surface area contributed by atoms with E-state index in [2.05, 4.69) is 11.3 Å². The lowest BCUT2D eigenvalue weighted by Gasteiger charge is -1.95. The number of nitrogens with zero attached hydrogens (tertiary/aromatic N) is 2. The molecule has 1 aromatic heterocycles. The quantitative estimate of drug-likeness (QED) is 0.765. The summed E-state index contributed by atoms with van der Waals surface area (Å²) in [4.78, 5) is 13.6. The number of hydrogen-bond donors (Lipinski definition) is 1. The van der Waals surface area contributed by atoms with E-state index < -0.39 is 5.97 Å². The number of carboxylic acids is 1. The Hall–Kier alpha value is -0.740. The van der Waals surface area contributed by atoms with Gasteiger partial charge in [0.2, 0.25) is 0 Å². The Morgan fingerprint density at radius 3 is 2.73 bits per heavy atom. The summed E-state index contributed by atoms with van der Waals surface area (Å²) >= 11 is 11.0. The monoisotopic (exact) mass is 193 g/mol. The molecule has 0 amide bonds. The third-order valence-corrected chi connectivity index (χ3v) is 1.71. The average molecular weight is 194 g/mol. The largest absolute Gasteiger partial charge is 0.480 e. The van der Waals surface area contributed by atoms with Gasteiger partial charge in [0.15, 0.2) is 11.5 Å². The first kappa shape index (κ1) is 8.36. The van der Waals surface area contributed by atoms with E-state index in [-0.39, 0.29) is 16.9 Å². The molecule has 1 heterocycles.